The van der Waals surface area contributed by atoms with Gasteiger partial charge in [-0.3, -0.25) is 4.79 Å². The van der Waals surface area contributed by atoms with Crippen molar-refractivity contribution in [1.29, 1.82) is 0 Å². The van der Waals surface area contributed by atoms with Crippen molar-refractivity contribution in [2.75, 3.05) is 51.4 Å². The van der Waals surface area contributed by atoms with Crippen LogP contribution in [0.25, 0.3) is 0 Å². The Morgan fingerprint density at radius 1 is 1.20 bits per heavy atom. The minimum Gasteiger partial charge on any atom is -0.379 e. The number of hydrogen-bond donors (Lipinski definition) is 1. The van der Waals surface area contributed by atoms with E-state index in [-0.39, 0.29) is 30.0 Å². The maximum Gasteiger partial charge on any atom is 0.416 e. The van der Waals surface area contributed by atoms with Gasteiger partial charge in [0.25, 0.3) is 0 Å². The monoisotopic (exact) mass is 497 g/mol. The summed E-state index contributed by atoms with van der Waals surface area (Å²) in [5.74, 6) is 0.395. The van der Waals surface area contributed by atoms with E-state index in [4.69, 9.17) is 9.47 Å². The summed E-state index contributed by atoms with van der Waals surface area (Å²) in [6.45, 7) is 7.67. The van der Waals surface area contributed by atoms with Gasteiger partial charge in [0, 0.05) is 57.7 Å². The van der Waals surface area contributed by atoms with Gasteiger partial charge < -0.3 is 24.6 Å². The molecule has 1 aromatic carbocycles. The Morgan fingerprint density at radius 3 is 2.60 bits per heavy atom. The third-order valence-corrected chi connectivity index (χ3v) is 8.24. The smallest absolute Gasteiger partial charge is 0.379 e. The first-order valence-corrected chi connectivity index (χ1v) is 12.7. The first-order valence-electron chi connectivity index (χ1n) is 12.7. The normalized spacial score (nSPS) is 30.2. The third-order valence-electron chi connectivity index (χ3n) is 8.24. The summed E-state index contributed by atoms with van der Waals surface area (Å²) < 4.78 is 50.5. The van der Waals surface area contributed by atoms with Crippen LogP contribution in [-0.4, -0.2) is 75.5 Å². The number of methoxy groups -OCH3 is 1. The second-order valence-electron chi connectivity index (χ2n) is 10.5. The van der Waals surface area contributed by atoms with Crippen molar-refractivity contribution in [3.05, 3.63) is 29.8 Å². The molecule has 2 saturated heterocycles. The van der Waals surface area contributed by atoms with Crippen LogP contribution in [0.1, 0.15) is 45.1 Å². The average molecular weight is 498 g/mol. The van der Waals surface area contributed by atoms with Crippen LogP contribution in [0.2, 0.25) is 0 Å². The number of anilines is 1. The van der Waals surface area contributed by atoms with Gasteiger partial charge in [-0.1, -0.05) is 19.9 Å². The SMILES string of the molecule is COC1COCCC1N[C@@H]1CC[C@@](C(=O)N2CCN(c3cccc(C(F)(F)F)c3)CC2)(C(C)C)C1. The zero-order chi connectivity index (χ0) is 25.2. The molecule has 2 aliphatic heterocycles. The molecule has 3 fully saturated rings. The molecule has 1 aromatic rings. The maximum absolute atomic E-state index is 13.8. The van der Waals surface area contributed by atoms with Crippen molar-refractivity contribution < 1.29 is 27.4 Å². The average Bonchev–Trinajstić information content (AvgIpc) is 3.29. The number of halogens is 3. The summed E-state index contributed by atoms with van der Waals surface area (Å²) in [7, 11) is 1.71. The molecule has 0 radical (unpaired) electrons. The number of rotatable bonds is 6. The zero-order valence-electron chi connectivity index (χ0n) is 20.9. The van der Waals surface area contributed by atoms with Crippen molar-refractivity contribution >= 4 is 11.6 Å². The molecular weight excluding hydrogens is 459 g/mol. The lowest BCUT2D eigenvalue weighted by Gasteiger charge is -2.42. The molecule has 196 valence electrons. The highest BCUT2D eigenvalue weighted by atomic mass is 19.4. The Balaban J connectivity index is 1.38. The van der Waals surface area contributed by atoms with Crippen molar-refractivity contribution in [2.24, 2.45) is 11.3 Å². The number of nitrogens with one attached hydrogen (secondary N) is 1. The number of piperazine rings is 1. The second-order valence-corrected chi connectivity index (χ2v) is 10.5. The molecule has 35 heavy (non-hydrogen) atoms. The summed E-state index contributed by atoms with van der Waals surface area (Å²) in [5, 5.41) is 3.76. The van der Waals surface area contributed by atoms with Crippen molar-refractivity contribution in [3.8, 4) is 0 Å². The minimum atomic E-state index is -4.36. The van der Waals surface area contributed by atoms with Gasteiger partial charge in [0.2, 0.25) is 5.91 Å². The second kappa shape index (κ2) is 10.6. The van der Waals surface area contributed by atoms with E-state index >= 15 is 0 Å². The Morgan fingerprint density at radius 2 is 1.94 bits per heavy atom. The van der Waals surface area contributed by atoms with Gasteiger partial charge in [0.1, 0.15) is 0 Å². The summed E-state index contributed by atoms with van der Waals surface area (Å²) in [4.78, 5) is 17.7. The Bertz CT molecular complexity index is 873. The molecule has 9 heteroatoms. The number of carbonyl (C=O) groups is 1. The number of alkyl halides is 3. The molecule has 3 aliphatic rings. The topological polar surface area (TPSA) is 54.0 Å². The predicted molar refractivity (Wildman–Crippen MR) is 128 cm³/mol. The van der Waals surface area contributed by atoms with Crippen LogP contribution in [-0.2, 0) is 20.4 Å². The molecule has 2 heterocycles. The van der Waals surface area contributed by atoms with Crippen LogP contribution in [0.5, 0.6) is 0 Å². The molecule has 6 nitrogen and oxygen atoms in total. The predicted octanol–water partition coefficient (Wildman–Crippen LogP) is 3.94. The molecule has 0 bridgehead atoms. The quantitative estimate of drug-likeness (QED) is 0.645. The molecule has 0 spiro atoms. The molecule has 4 rings (SSSR count). The van der Waals surface area contributed by atoms with Crippen molar-refractivity contribution in [1.82, 2.24) is 10.2 Å². The molecular formula is C26H38F3N3O3. The van der Waals surface area contributed by atoms with Crippen molar-refractivity contribution in [2.45, 2.75) is 63.9 Å². The van der Waals surface area contributed by atoms with E-state index in [1.807, 2.05) is 9.80 Å². The third kappa shape index (κ3) is 5.62. The number of nitrogens with zero attached hydrogens (tertiary/aromatic N) is 2. The highest BCUT2D eigenvalue weighted by Crippen LogP contribution is 2.46. The fraction of sp³-hybridized carbons (Fsp3) is 0.731. The van der Waals surface area contributed by atoms with Crippen LogP contribution in [0.4, 0.5) is 18.9 Å². The first kappa shape index (κ1) is 26.2. The van der Waals surface area contributed by atoms with Crippen LogP contribution >= 0.6 is 0 Å². The summed E-state index contributed by atoms with van der Waals surface area (Å²) in [6.07, 6.45) is -0.853. The van der Waals surface area contributed by atoms with Gasteiger partial charge in [0.05, 0.1) is 23.7 Å². The molecule has 2 unspecified atom stereocenters. The van der Waals surface area contributed by atoms with Gasteiger partial charge >= 0.3 is 6.18 Å². The molecule has 1 N–H and O–H groups in total. The number of ether oxygens (including phenoxy) is 2. The van der Waals surface area contributed by atoms with E-state index < -0.39 is 17.2 Å². The Labute approximate surface area is 206 Å². The first-order chi connectivity index (χ1) is 16.6. The lowest BCUT2D eigenvalue weighted by Crippen LogP contribution is -2.55. The minimum absolute atomic E-state index is 0.0254. The highest BCUT2D eigenvalue weighted by Gasteiger charge is 2.50. The van der Waals surface area contributed by atoms with E-state index in [0.29, 0.717) is 45.1 Å². The van der Waals surface area contributed by atoms with E-state index in [1.165, 1.54) is 12.1 Å². The van der Waals surface area contributed by atoms with Crippen LogP contribution in [0, 0.1) is 11.3 Å². The van der Waals surface area contributed by atoms with Gasteiger partial charge in [-0.2, -0.15) is 13.2 Å². The van der Waals surface area contributed by atoms with Gasteiger partial charge in [-0.15, -0.1) is 0 Å². The largest absolute Gasteiger partial charge is 0.416 e. The number of hydrogen-bond acceptors (Lipinski definition) is 5. The van der Waals surface area contributed by atoms with Gasteiger partial charge in [-0.25, -0.2) is 0 Å². The Hall–Kier alpha value is -1.84. The summed E-state index contributed by atoms with van der Waals surface area (Å²) in [5.41, 5.74) is -0.499. The Kier molecular flexibility index (Phi) is 7.98. The van der Waals surface area contributed by atoms with Gasteiger partial charge in [0.15, 0.2) is 0 Å². The van der Waals surface area contributed by atoms with Crippen LogP contribution < -0.4 is 10.2 Å². The van der Waals surface area contributed by atoms with E-state index in [2.05, 4.69) is 19.2 Å². The summed E-state index contributed by atoms with van der Waals surface area (Å²) >= 11 is 0. The zero-order valence-corrected chi connectivity index (χ0v) is 20.9. The molecule has 0 aromatic heterocycles. The lowest BCUT2D eigenvalue weighted by molar-refractivity contribution is -0.145. The molecule has 1 saturated carbocycles. The number of benzene rings is 1. The van der Waals surface area contributed by atoms with Crippen LogP contribution in [0.15, 0.2) is 24.3 Å². The van der Waals surface area contributed by atoms with Crippen molar-refractivity contribution in [3.63, 3.8) is 0 Å². The lowest BCUT2D eigenvalue weighted by atomic mass is 9.74. The molecule has 1 aliphatic carbocycles. The fourth-order valence-corrected chi connectivity index (χ4v) is 5.98. The van der Waals surface area contributed by atoms with E-state index in [0.717, 1.165) is 31.7 Å². The molecule has 1 amide bonds. The number of amides is 1. The number of carbonyl (C=O) groups excluding carboxylic acids is 1. The van der Waals surface area contributed by atoms with Gasteiger partial charge in [-0.05, 0) is 49.8 Å². The maximum atomic E-state index is 13.8. The van der Waals surface area contributed by atoms with E-state index in [9.17, 15) is 18.0 Å². The molecule has 4 atom stereocenters. The highest BCUT2D eigenvalue weighted by molar-refractivity contribution is 5.84. The summed E-state index contributed by atoms with van der Waals surface area (Å²) in [6, 6.07) is 5.93. The fourth-order valence-electron chi connectivity index (χ4n) is 5.98. The van der Waals surface area contributed by atoms with Crippen LogP contribution in [0.3, 0.4) is 0 Å². The van der Waals surface area contributed by atoms with E-state index in [1.54, 1.807) is 13.2 Å². The standard InChI is InChI=1S/C26H38F3N3O3/c1-18(2)25(9-7-20(16-25)30-22-8-14-35-17-23(22)34-3)24(33)32-12-10-31(11-13-32)21-6-4-5-19(15-21)26(27,28)29/h4-6,15,18,20,22-23,30H,7-14,16-17H2,1-3H3/t20-,22?,23?,25+/m1/s1.